The maximum absolute atomic E-state index is 13.8. The number of rotatable bonds is 9. The second kappa shape index (κ2) is 12.0. The lowest BCUT2D eigenvalue weighted by Gasteiger charge is -2.31. The van der Waals surface area contributed by atoms with E-state index in [1.807, 2.05) is 0 Å². The minimum atomic E-state index is -1.23. The molecule has 0 unspecified atom stereocenters. The van der Waals surface area contributed by atoms with Crippen LogP contribution in [0.25, 0.3) is 11.4 Å². The van der Waals surface area contributed by atoms with E-state index < -0.39 is 36.0 Å². The Morgan fingerprint density at radius 2 is 1.80 bits per heavy atom. The van der Waals surface area contributed by atoms with Crippen LogP contribution < -0.4 is 10.2 Å². The van der Waals surface area contributed by atoms with Crippen LogP contribution >= 0.6 is 0 Å². The van der Waals surface area contributed by atoms with Crippen molar-refractivity contribution in [1.82, 2.24) is 25.5 Å². The van der Waals surface area contributed by atoms with Gasteiger partial charge < -0.3 is 15.2 Å². The summed E-state index contributed by atoms with van der Waals surface area (Å²) in [5, 5.41) is 25.2. The molecule has 1 saturated heterocycles. The van der Waals surface area contributed by atoms with E-state index in [2.05, 4.69) is 20.7 Å². The minimum Gasteiger partial charge on any atom is -0.508 e. The molecule has 2 atom stereocenters. The molecule has 2 N–H and O–H groups in total. The molecule has 0 saturated carbocycles. The first-order valence-corrected chi connectivity index (χ1v) is 12.7. The number of ether oxygens (including phenoxy) is 1. The fourth-order valence-electron chi connectivity index (χ4n) is 4.48. The van der Waals surface area contributed by atoms with E-state index in [1.165, 1.54) is 71.6 Å². The highest BCUT2D eigenvalue weighted by atomic mass is 19.1. The Bertz CT molecular complexity index is 1470. The van der Waals surface area contributed by atoms with Gasteiger partial charge in [0.25, 0.3) is 5.91 Å². The van der Waals surface area contributed by atoms with Crippen LogP contribution in [-0.2, 0) is 20.9 Å². The van der Waals surface area contributed by atoms with Crippen molar-refractivity contribution < 1.29 is 28.2 Å². The van der Waals surface area contributed by atoms with Crippen LogP contribution in [0, 0.1) is 11.6 Å². The Hall–Kier alpha value is -4.71. The smallest absolute Gasteiger partial charge is 0.251 e. The Balaban J connectivity index is 1.48. The molecule has 2 heterocycles. The number of tetrazole rings is 1. The topological polar surface area (TPSA) is 122 Å². The highest BCUT2D eigenvalue weighted by Crippen LogP contribution is 2.31. The van der Waals surface area contributed by atoms with Crippen LogP contribution in [0.1, 0.15) is 24.4 Å². The molecule has 4 aromatic rings. The molecule has 0 bridgehead atoms. The Morgan fingerprint density at radius 3 is 2.48 bits per heavy atom. The van der Waals surface area contributed by atoms with Gasteiger partial charge in [-0.2, -0.15) is 4.80 Å². The van der Waals surface area contributed by atoms with Crippen LogP contribution in [0.2, 0.25) is 0 Å². The van der Waals surface area contributed by atoms with Gasteiger partial charge in [-0.25, -0.2) is 8.78 Å². The first-order chi connectivity index (χ1) is 19.4. The molecule has 12 heteroatoms. The third-order valence-electron chi connectivity index (χ3n) is 6.43. The summed E-state index contributed by atoms with van der Waals surface area (Å²) >= 11 is 0. The molecule has 1 aliphatic rings. The van der Waals surface area contributed by atoms with E-state index in [1.54, 1.807) is 6.07 Å². The number of carbonyl (C=O) groups is 2. The average Bonchev–Trinajstić information content (AvgIpc) is 3.64. The number of anilines is 1. The molecule has 0 radical (unpaired) electrons. The van der Waals surface area contributed by atoms with Crippen molar-refractivity contribution in [2.75, 3.05) is 18.1 Å². The summed E-state index contributed by atoms with van der Waals surface area (Å²) < 4.78 is 32.7. The number of hydrogen-bond acceptors (Lipinski definition) is 7. The molecule has 3 aromatic carbocycles. The number of nitrogens with one attached hydrogen (secondary N) is 1. The summed E-state index contributed by atoms with van der Waals surface area (Å²) in [5.74, 6) is -1.98. The van der Waals surface area contributed by atoms with Gasteiger partial charge in [0.2, 0.25) is 11.7 Å². The van der Waals surface area contributed by atoms with Crippen molar-refractivity contribution in [3.8, 4) is 17.1 Å². The van der Waals surface area contributed by atoms with E-state index in [4.69, 9.17) is 4.74 Å². The predicted octanol–water partition coefficient (Wildman–Crippen LogP) is 3.39. The normalized spacial score (nSPS) is 15.5. The molecule has 40 heavy (non-hydrogen) atoms. The Labute approximate surface area is 228 Å². The minimum absolute atomic E-state index is 0.120. The van der Waals surface area contributed by atoms with Crippen molar-refractivity contribution in [2.24, 2.45) is 0 Å². The molecule has 1 aromatic heterocycles. The Kier molecular flexibility index (Phi) is 8.06. The maximum atomic E-state index is 13.8. The van der Waals surface area contributed by atoms with Crippen LogP contribution in [0.15, 0.2) is 72.8 Å². The van der Waals surface area contributed by atoms with Crippen molar-refractivity contribution in [3.05, 3.63) is 90.0 Å². The van der Waals surface area contributed by atoms with Crippen molar-refractivity contribution >= 4 is 17.5 Å². The van der Waals surface area contributed by atoms with Gasteiger partial charge in [0.1, 0.15) is 30.0 Å². The maximum Gasteiger partial charge on any atom is 0.251 e. The Morgan fingerprint density at radius 1 is 1.07 bits per heavy atom. The molecule has 5 rings (SSSR count). The number of nitrogens with zero attached hydrogens (tertiary/aromatic N) is 5. The van der Waals surface area contributed by atoms with Crippen LogP contribution in [0.3, 0.4) is 0 Å². The first-order valence-electron chi connectivity index (χ1n) is 12.7. The number of phenols is 1. The standard InChI is InChI=1S/C28H26F2N6O4/c29-20-10-6-18(7-11-20)26(28(39)31-16-24-5-2-14-40-24)36(22-3-1-4-23(37)15-22)25(38)17-35-33-27(32-34-35)19-8-12-21(30)13-9-19/h1,3-4,6-13,15,24,26,37H,2,5,14,16-17H2,(H,31,39)/t24-,26+/m0/s1. The van der Waals surface area contributed by atoms with Gasteiger partial charge >= 0.3 is 0 Å². The van der Waals surface area contributed by atoms with Gasteiger partial charge in [0, 0.05) is 30.5 Å². The third kappa shape index (κ3) is 6.29. The van der Waals surface area contributed by atoms with Gasteiger partial charge in [0.05, 0.1) is 6.10 Å². The number of aromatic hydroxyl groups is 1. The zero-order valence-electron chi connectivity index (χ0n) is 21.3. The molecule has 0 aliphatic carbocycles. The lowest BCUT2D eigenvalue weighted by atomic mass is 10.0. The molecule has 206 valence electrons. The predicted molar refractivity (Wildman–Crippen MR) is 140 cm³/mol. The number of aromatic nitrogens is 4. The summed E-state index contributed by atoms with van der Waals surface area (Å²) in [6.45, 7) is 0.436. The number of hydrogen-bond donors (Lipinski definition) is 2. The number of amides is 2. The quantitative estimate of drug-likeness (QED) is 0.329. The summed E-state index contributed by atoms with van der Waals surface area (Å²) in [5.41, 5.74) is 1.08. The van der Waals surface area contributed by atoms with Crippen LogP contribution in [0.5, 0.6) is 5.75 Å². The lowest BCUT2D eigenvalue weighted by molar-refractivity contribution is -0.127. The number of phenolic OH excluding ortho intramolecular Hbond substituents is 1. The monoisotopic (exact) mass is 548 g/mol. The van der Waals surface area contributed by atoms with E-state index in [-0.39, 0.29) is 29.9 Å². The zero-order valence-corrected chi connectivity index (χ0v) is 21.3. The van der Waals surface area contributed by atoms with Gasteiger partial charge in [-0.15, -0.1) is 10.2 Å². The number of carbonyl (C=O) groups excluding carboxylic acids is 2. The van der Waals surface area contributed by atoms with E-state index in [0.29, 0.717) is 17.7 Å². The highest BCUT2D eigenvalue weighted by molar-refractivity contribution is 6.01. The number of halogens is 2. The summed E-state index contributed by atoms with van der Waals surface area (Å²) in [6, 6.07) is 15.4. The molecule has 2 amide bonds. The average molecular weight is 549 g/mol. The molecule has 1 aliphatic heterocycles. The fourth-order valence-corrected chi connectivity index (χ4v) is 4.48. The summed E-state index contributed by atoms with van der Waals surface area (Å²) in [6.07, 6.45) is 1.54. The van der Waals surface area contributed by atoms with Crippen molar-refractivity contribution in [1.29, 1.82) is 0 Å². The highest BCUT2D eigenvalue weighted by Gasteiger charge is 2.34. The van der Waals surface area contributed by atoms with Crippen molar-refractivity contribution in [3.63, 3.8) is 0 Å². The van der Waals surface area contributed by atoms with Gasteiger partial charge in [-0.3, -0.25) is 14.5 Å². The summed E-state index contributed by atoms with van der Waals surface area (Å²) in [7, 11) is 0. The number of benzene rings is 3. The largest absolute Gasteiger partial charge is 0.508 e. The van der Waals surface area contributed by atoms with Crippen molar-refractivity contribution in [2.45, 2.75) is 31.5 Å². The van der Waals surface area contributed by atoms with E-state index in [9.17, 15) is 23.5 Å². The van der Waals surface area contributed by atoms with Gasteiger partial charge in [0.15, 0.2) is 0 Å². The van der Waals surface area contributed by atoms with Gasteiger partial charge in [-0.1, -0.05) is 18.2 Å². The molecular weight excluding hydrogens is 522 g/mol. The summed E-state index contributed by atoms with van der Waals surface area (Å²) in [4.78, 5) is 29.8. The SMILES string of the molecule is O=C(NC[C@@H]1CCCO1)[C@@H](c1ccc(F)cc1)N(C(=O)Cn1nnc(-c2ccc(F)cc2)n1)c1cccc(O)c1. The van der Waals surface area contributed by atoms with Crippen LogP contribution in [-0.4, -0.2) is 56.4 Å². The second-order valence-electron chi connectivity index (χ2n) is 9.27. The first kappa shape index (κ1) is 26.9. The molecule has 10 nitrogen and oxygen atoms in total. The second-order valence-corrected chi connectivity index (χ2v) is 9.27. The van der Waals surface area contributed by atoms with E-state index in [0.717, 1.165) is 17.6 Å². The van der Waals surface area contributed by atoms with Crippen LogP contribution in [0.4, 0.5) is 14.5 Å². The zero-order chi connectivity index (χ0) is 28.1. The van der Waals surface area contributed by atoms with E-state index >= 15 is 0 Å². The fraction of sp³-hybridized carbons (Fsp3) is 0.250. The molecular formula is C28H26F2N6O4. The molecule has 1 fully saturated rings. The third-order valence-corrected chi connectivity index (χ3v) is 6.43. The lowest BCUT2D eigenvalue weighted by Crippen LogP contribution is -2.46. The van der Waals surface area contributed by atoms with Gasteiger partial charge in [-0.05, 0) is 72.1 Å². The molecule has 0 spiro atoms.